The van der Waals surface area contributed by atoms with Crippen LogP contribution in [0.25, 0.3) is 10.9 Å². The zero-order valence-corrected chi connectivity index (χ0v) is 12.0. The third-order valence-electron chi connectivity index (χ3n) is 3.21. The molecule has 4 nitrogen and oxygen atoms in total. The maximum atomic E-state index is 5.51. The number of hydrogen-bond acceptors (Lipinski definition) is 3. The first-order valence-electron chi connectivity index (χ1n) is 7.03. The molecule has 2 rings (SSSR count). The molecular formula is C15H23N3O. The first-order valence-corrected chi connectivity index (χ1v) is 7.03. The predicted molar refractivity (Wildman–Crippen MR) is 78.2 cm³/mol. The molecule has 19 heavy (non-hydrogen) atoms. The van der Waals surface area contributed by atoms with Crippen molar-refractivity contribution in [1.82, 2.24) is 15.1 Å². The Balaban J connectivity index is 2.04. The Bertz CT molecular complexity index is 521. The van der Waals surface area contributed by atoms with Crippen LogP contribution in [0.3, 0.4) is 0 Å². The van der Waals surface area contributed by atoms with Gasteiger partial charge in [0.15, 0.2) is 0 Å². The standard InChI is InChI=1S/C15H23N3O/c1-4-18-15-9-7-6-8-13(15)14(17-18)11-16-10-12(3)19-5-2/h6-9,12,16H,4-5,10-11H2,1-3H3. The normalized spacial score (nSPS) is 13.0. The molecule has 1 unspecified atom stereocenters. The van der Waals surface area contributed by atoms with Gasteiger partial charge in [-0.05, 0) is 26.8 Å². The summed E-state index contributed by atoms with van der Waals surface area (Å²) in [5.41, 5.74) is 2.32. The second-order valence-corrected chi connectivity index (χ2v) is 4.68. The van der Waals surface area contributed by atoms with Crippen LogP contribution in [0.5, 0.6) is 0 Å². The van der Waals surface area contributed by atoms with Crippen molar-refractivity contribution < 1.29 is 4.74 Å². The highest BCUT2D eigenvalue weighted by atomic mass is 16.5. The second-order valence-electron chi connectivity index (χ2n) is 4.68. The molecule has 0 saturated carbocycles. The van der Waals surface area contributed by atoms with Gasteiger partial charge in [0.1, 0.15) is 0 Å². The molecule has 0 aliphatic rings. The molecule has 0 bridgehead atoms. The van der Waals surface area contributed by atoms with E-state index in [-0.39, 0.29) is 6.10 Å². The summed E-state index contributed by atoms with van der Waals surface area (Å²) in [6.45, 7) is 9.51. The van der Waals surface area contributed by atoms with Crippen LogP contribution in [0.4, 0.5) is 0 Å². The number of para-hydroxylation sites is 1. The average Bonchev–Trinajstić information content (AvgIpc) is 2.78. The van der Waals surface area contributed by atoms with Gasteiger partial charge in [-0.2, -0.15) is 5.10 Å². The van der Waals surface area contributed by atoms with Gasteiger partial charge in [-0.15, -0.1) is 0 Å². The van der Waals surface area contributed by atoms with E-state index < -0.39 is 0 Å². The molecule has 0 spiro atoms. The lowest BCUT2D eigenvalue weighted by Gasteiger charge is -2.11. The van der Waals surface area contributed by atoms with E-state index in [1.807, 2.05) is 6.92 Å². The minimum absolute atomic E-state index is 0.240. The van der Waals surface area contributed by atoms with E-state index >= 15 is 0 Å². The monoisotopic (exact) mass is 261 g/mol. The lowest BCUT2D eigenvalue weighted by atomic mass is 10.2. The van der Waals surface area contributed by atoms with Crippen LogP contribution in [0.1, 0.15) is 26.5 Å². The van der Waals surface area contributed by atoms with E-state index in [9.17, 15) is 0 Å². The summed E-state index contributed by atoms with van der Waals surface area (Å²) in [6, 6.07) is 8.39. The highest BCUT2D eigenvalue weighted by Gasteiger charge is 2.09. The van der Waals surface area contributed by atoms with E-state index in [0.717, 1.165) is 31.9 Å². The maximum absolute atomic E-state index is 5.51. The molecular weight excluding hydrogens is 238 g/mol. The average molecular weight is 261 g/mol. The number of benzene rings is 1. The van der Waals surface area contributed by atoms with Gasteiger partial charge in [-0.3, -0.25) is 4.68 Å². The third kappa shape index (κ3) is 3.33. The molecule has 0 amide bonds. The first kappa shape index (κ1) is 14.0. The summed E-state index contributed by atoms with van der Waals surface area (Å²) >= 11 is 0. The Morgan fingerprint density at radius 2 is 2.11 bits per heavy atom. The Kier molecular flexibility index (Phi) is 4.93. The van der Waals surface area contributed by atoms with Gasteiger partial charge in [0.2, 0.25) is 0 Å². The molecule has 0 radical (unpaired) electrons. The molecule has 0 saturated heterocycles. The van der Waals surface area contributed by atoms with Crippen molar-refractivity contribution in [2.45, 2.75) is 40.0 Å². The van der Waals surface area contributed by atoms with Crippen LogP contribution < -0.4 is 5.32 Å². The molecule has 0 aliphatic heterocycles. The largest absolute Gasteiger partial charge is 0.377 e. The van der Waals surface area contributed by atoms with Gasteiger partial charge in [0.05, 0.1) is 17.3 Å². The van der Waals surface area contributed by atoms with Gasteiger partial charge in [0, 0.05) is 31.6 Å². The zero-order chi connectivity index (χ0) is 13.7. The summed E-state index contributed by atoms with van der Waals surface area (Å²) in [6.07, 6.45) is 0.240. The van der Waals surface area contributed by atoms with Crippen LogP contribution >= 0.6 is 0 Å². The maximum Gasteiger partial charge on any atom is 0.0841 e. The number of hydrogen-bond donors (Lipinski definition) is 1. The number of fused-ring (bicyclic) bond motifs is 1. The van der Waals surface area contributed by atoms with Crippen molar-refractivity contribution in [2.24, 2.45) is 0 Å². The molecule has 1 N–H and O–H groups in total. The van der Waals surface area contributed by atoms with E-state index in [1.165, 1.54) is 10.9 Å². The molecule has 1 aromatic carbocycles. The molecule has 2 aromatic rings. The Labute approximate surface area is 114 Å². The summed E-state index contributed by atoms with van der Waals surface area (Å²) in [7, 11) is 0. The van der Waals surface area contributed by atoms with Crippen LogP contribution in [0, 0.1) is 0 Å². The molecule has 4 heteroatoms. The van der Waals surface area contributed by atoms with Crippen LogP contribution in [-0.2, 0) is 17.8 Å². The summed E-state index contributed by atoms with van der Waals surface area (Å²) in [4.78, 5) is 0. The SMILES string of the molecule is CCOC(C)CNCc1nn(CC)c2ccccc12. The fraction of sp³-hybridized carbons (Fsp3) is 0.533. The number of rotatable bonds is 7. The van der Waals surface area contributed by atoms with Crippen LogP contribution in [-0.4, -0.2) is 29.0 Å². The van der Waals surface area contributed by atoms with Gasteiger partial charge in [0.25, 0.3) is 0 Å². The van der Waals surface area contributed by atoms with Gasteiger partial charge in [-0.1, -0.05) is 18.2 Å². The van der Waals surface area contributed by atoms with Crippen molar-refractivity contribution in [1.29, 1.82) is 0 Å². The van der Waals surface area contributed by atoms with Crippen molar-refractivity contribution in [3.63, 3.8) is 0 Å². The van der Waals surface area contributed by atoms with Crippen molar-refractivity contribution in [2.75, 3.05) is 13.2 Å². The first-order chi connectivity index (χ1) is 9.26. The van der Waals surface area contributed by atoms with Gasteiger partial charge < -0.3 is 10.1 Å². The molecule has 1 heterocycles. The number of ether oxygens (including phenoxy) is 1. The minimum atomic E-state index is 0.240. The molecule has 0 aliphatic carbocycles. The Morgan fingerprint density at radius 3 is 2.84 bits per heavy atom. The highest BCUT2D eigenvalue weighted by molar-refractivity contribution is 5.81. The highest BCUT2D eigenvalue weighted by Crippen LogP contribution is 2.18. The number of nitrogens with one attached hydrogen (secondary N) is 1. The van der Waals surface area contributed by atoms with E-state index in [4.69, 9.17) is 4.74 Å². The molecule has 1 aromatic heterocycles. The number of aromatic nitrogens is 2. The minimum Gasteiger partial charge on any atom is -0.377 e. The number of aryl methyl sites for hydroxylation is 1. The zero-order valence-electron chi connectivity index (χ0n) is 12.0. The van der Waals surface area contributed by atoms with E-state index in [0.29, 0.717) is 0 Å². The van der Waals surface area contributed by atoms with Crippen molar-refractivity contribution >= 4 is 10.9 Å². The Hall–Kier alpha value is -1.39. The third-order valence-corrected chi connectivity index (χ3v) is 3.21. The summed E-state index contributed by atoms with van der Waals surface area (Å²) in [5, 5.41) is 9.32. The summed E-state index contributed by atoms with van der Waals surface area (Å²) < 4.78 is 7.56. The molecule has 0 fully saturated rings. The topological polar surface area (TPSA) is 39.1 Å². The van der Waals surface area contributed by atoms with Crippen LogP contribution in [0.15, 0.2) is 24.3 Å². The lowest BCUT2D eigenvalue weighted by Crippen LogP contribution is -2.26. The fourth-order valence-corrected chi connectivity index (χ4v) is 2.31. The summed E-state index contributed by atoms with van der Waals surface area (Å²) in [5.74, 6) is 0. The number of nitrogens with zero attached hydrogens (tertiary/aromatic N) is 2. The van der Waals surface area contributed by atoms with Gasteiger partial charge in [-0.25, -0.2) is 0 Å². The van der Waals surface area contributed by atoms with E-state index in [1.54, 1.807) is 0 Å². The second kappa shape index (κ2) is 6.68. The quantitative estimate of drug-likeness (QED) is 0.832. The molecule has 1 atom stereocenters. The Morgan fingerprint density at radius 1 is 1.32 bits per heavy atom. The molecule has 104 valence electrons. The fourth-order valence-electron chi connectivity index (χ4n) is 2.31. The van der Waals surface area contributed by atoms with E-state index in [2.05, 4.69) is 53.2 Å². The smallest absolute Gasteiger partial charge is 0.0841 e. The lowest BCUT2D eigenvalue weighted by molar-refractivity contribution is 0.0759. The van der Waals surface area contributed by atoms with Crippen molar-refractivity contribution in [3.05, 3.63) is 30.0 Å². The van der Waals surface area contributed by atoms with Crippen LogP contribution in [0.2, 0.25) is 0 Å². The predicted octanol–water partition coefficient (Wildman–Crippen LogP) is 2.57. The van der Waals surface area contributed by atoms with Gasteiger partial charge >= 0.3 is 0 Å². The van der Waals surface area contributed by atoms with Crippen molar-refractivity contribution in [3.8, 4) is 0 Å².